The van der Waals surface area contributed by atoms with Crippen molar-refractivity contribution in [2.75, 3.05) is 20.3 Å². The van der Waals surface area contributed by atoms with Gasteiger partial charge < -0.3 is 14.8 Å². The first kappa shape index (κ1) is 17.4. The summed E-state index contributed by atoms with van der Waals surface area (Å²) in [4.78, 5) is 11.8. The maximum atomic E-state index is 11.8. The number of hydrogen-bond donors (Lipinski definition) is 1. The van der Waals surface area contributed by atoms with Crippen LogP contribution in [0.2, 0.25) is 10.0 Å². The molecular formula is C17H17Cl2NO3. The fourth-order valence-corrected chi connectivity index (χ4v) is 2.30. The molecule has 4 nitrogen and oxygen atoms in total. The van der Waals surface area contributed by atoms with Crippen molar-refractivity contribution in [2.24, 2.45) is 0 Å². The summed E-state index contributed by atoms with van der Waals surface area (Å²) in [5.74, 6) is 1.11. The summed E-state index contributed by atoms with van der Waals surface area (Å²) >= 11 is 11.7. The van der Waals surface area contributed by atoms with Crippen LogP contribution in [0.3, 0.4) is 0 Å². The van der Waals surface area contributed by atoms with E-state index in [1.165, 1.54) is 0 Å². The van der Waals surface area contributed by atoms with Gasteiger partial charge in [-0.25, -0.2) is 0 Å². The van der Waals surface area contributed by atoms with Crippen molar-refractivity contribution < 1.29 is 14.3 Å². The van der Waals surface area contributed by atoms with Crippen LogP contribution in [0.5, 0.6) is 11.5 Å². The van der Waals surface area contributed by atoms with Gasteiger partial charge in [0.15, 0.2) is 6.61 Å². The molecule has 2 rings (SSSR count). The third-order valence-electron chi connectivity index (χ3n) is 3.17. The lowest BCUT2D eigenvalue weighted by atomic mass is 10.1. The highest BCUT2D eigenvalue weighted by Gasteiger charge is 2.06. The summed E-state index contributed by atoms with van der Waals surface area (Å²) in [7, 11) is 1.63. The number of nitrogens with one attached hydrogen (secondary N) is 1. The van der Waals surface area contributed by atoms with Gasteiger partial charge in [-0.2, -0.15) is 0 Å². The topological polar surface area (TPSA) is 47.6 Å². The number of methoxy groups -OCH3 is 1. The van der Waals surface area contributed by atoms with Gasteiger partial charge in [-0.3, -0.25) is 4.79 Å². The molecule has 0 unspecified atom stereocenters. The Kier molecular flexibility index (Phi) is 6.56. The summed E-state index contributed by atoms with van der Waals surface area (Å²) in [5, 5.41) is 3.63. The number of benzene rings is 2. The smallest absolute Gasteiger partial charge is 0.257 e. The number of para-hydroxylation sites is 1. The second-order valence-corrected chi connectivity index (χ2v) is 5.59. The van der Waals surface area contributed by atoms with E-state index in [1.807, 2.05) is 24.3 Å². The van der Waals surface area contributed by atoms with Crippen molar-refractivity contribution >= 4 is 29.1 Å². The van der Waals surface area contributed by atoms with Crippen LogP contribution in [-0.2, 0) is 11.2 Å². The Morgan fingerprint density at radius 1 is 1.13 bits per heavy atom. The van der Waals surface area contributed by atoms with E-state index in [2.05, 4.69) is 5.32 Å². The highest BCUT2D eigenvalue weighted by Crippen LogP contribution is 2.26. The van der Waals surface area contributed by atoms with Gasteiger partial charge in [0.05, 0.1) is 17.2 Å². The Morgan fingerprint density at radius 2 is 1.91 bits per heavy atom. The fourth-order valence-electron chi connectivity index (χ4n) is 2.01. The fraction of sp³-hybridized carbons (Fsp3) is 0.235. The van der Waals surface area contributed by atoms with Crippen LogP contribution in [0.4, 0.5) is 0 Å². The third-order valence-corrected chi connectivity index (χ3v) is 3.91. The van der Waals surface area contributed by atoms with Gasteiger partial charge in [0.25, 0.3) is 5.91 Å². The molecule has 2 aromatic carbocycles. The number of hydrogen-bond acceptors (Lipinski definition) is 3. The maximum Gasteiger partial charge on any atom is 0.257 e. The molecule has 0 bridgehead atoms. The molecule has 1 amide bonds. The van der Waals surface area contributed by atoms with Crippen LogP contribution in [0.15, 0.2) is 42.5 Å². The van der Waals surface area contributed by atoms with Crippen LogP contribution >= 0.6 is 23.2 Å². The van der Waals surface area contributed by atoms with Gasteiger partial charge in [0.1, 0.15) is 11.5 Å². The molecule has 0 atom stereocenters. The van der Waals surface area contributed by atoms with Gasteiger partial charge in [-0.05, 0) is 30.2 Å². The van der Waals surface area contributed by atoms with Crippen LogP contribution in [0.25, 0.3) is 0 Å². The van der Waals surface area contributed by atoms with Gasteiger partial charge >= 0.3 is 0 Å². The number of ether oxygens (including phenoxy) is 2. The lowest BCUT2D eigenvalue weighted by Crippen LogP contribution is -2.30. The van der Waals surface area contributed by atoms with Crippen molar-refractivity contribution in [2.45, 2.75) is 6.42 Å². The van der Waals surface area contributed by atoms with E-state index in [9.17, 15) is 4.79 Å². The molecular weight excluding hydrogens is 337 g/mol. The summed E-state index contributed by atoms with van der Waals surface area (Å²) in [5.41, 5.74) is 1.04. The molecule has 23 heavy (non-hydrogen) atoms. The quantitative estimate of drug-likeness (QED) is 0.824. The second-order valence-electron chi connectivity index (χ2n) is 4.78. The minimum atomic E-state index is -0.203. The zero-order valence-corrected chi connectivity index (χ0v) is 14.2. The minimum absolute atomic E-state index is 0.0795. The van der Waals surface area contributed by atoms with E-state index in [0.717, 1.165) is 11.3 Å². The Morgan fingerprint density at radius 3 is 2.65 bits per heavy atom. The number of halogens is 2. The molecule has 0 aliphatic heterocycles. The Hall–Kier alpha value is -1.91. The molecule has 0 saturated heterocycles. The molecule has 0 saturated carbocycles. The molecule has 0 aromatic heterocycles. The molecule has 0 aliphatic rings. The van der Waals surface area contributed by atoms with Crippen LogP contribution < -0.4 is 14.8 Å². The molecule has 0 heterocycles. The van der Waals surface area contributed by atoms with Crippen molar-refractivity contribution in [3.63, 3.8) is 0 Å². The Balaban J connectivity index is 1.76. The summed E-state index contributed by atoms with van der Waals surface area (Å²) in [6, 6.07) is 12.6. The molecule has 0 radical (unpaired) electrons. The first-order valence-electron chi connectivity index (χ1n) is 7.06. The number of carbonyl (C=O) groups is 1. The van der Waals surface area contributed by atoms with Crippen LogP contribution in [0, 0.1) is 0 Å². The lowest BCUT2D eigenvalue weighted by molar-refractivity contribution is -0.123. The number of amides is 1. The van der Waals surface area contributed by atoms with E-state index in [4.69, 9.17) is 32.7 Å². The molecule has 6 heteroatoms. The van der Waals surface area contributed by atoms with Gasteiger partial charge in [-0.1, -0.05) is 41.4 Å². The highest BCUT2D eigenvalue weighted by molar-refractivity contribution is 6.42. The van der Waals surface area contributed by atoms with E-state index in [-0.39, 0.29) is 12.5 Å². The molecule has 122 valence electrons. The zero-order valence-electron chi connectivity index (χ0n) is 12.6. The van der Waals surface area contributed by atoms with E-state index < -0.39 is 0 Å². The monoisotopic (exact) mass is 353 g/mol. The van der Waals surface area contributed by atoms with Crippen molar-refractivity contribution in [3.8, 4) is 11.5 Å². The van der Waals surface area contributed by atoms with Crippen molar-refractivity contribution in [1.29, 1.82) is 0 Å². The zero-order chi connectivity index (χ0) is 16.7. The Bertz CT molecular complexity index is 677. The predicted octanol–water partition coefficient (Wildman–Crippen LogP) is 3.74. The normalized spacial score (nSPS) is 10.2. The summed E-state index contributed by atoms with van der Waals surface area (Å²) in [6.45, 7) is 0.424. The van der Waals surface area contributed by atoms with Crippen LogP contribution in [-0.4, -0.2) is 26.2 Å². The molecule has 0 aliphatic carbocycles. The first-order chi connectivity index (χ1) is 11.1. The Labute approximate surface area is 145 Å². The lowest BCUT2D eigenvalue weighted by Gasteiger charge is -2.10. The summed E-state index contributed by atoms with van der Waals surface area (Å²) < 4.78 is 10.6. The van der Waals surface area contributed by atoms with Gasteiger partial charge in [0, 0.05) is 12.6 Å². The molecule has 1 N–H and O–H groups in total. The first-order valence-corrected chi connectivity index (χ1v) is 7.82. The van der Waals surface area contributed by atoms with E-state index in [0.29, 0.717) is 28.8 Å². The predicted molar refractivity (Wildman–Crippen MR) is 91.7 cm³/mol. The molecule has 0 spiro atoms. The number of carbonyl (C=O) groups excluding carboxylic acids is 1. The molecule has 2 aromatic rings. The second kappa shape index (κ2) is 8.65. The van der Waals surface area contributed by atoms with Crippen molar-refractivity contribution in [3.05, 3.63) is 58.1 Å². The van der Waals surface area contributed by atoms with Gasteiger partial charge in [-0.15, -0.1) is 0 Å². The third kappa shape index (κ3) is 5.34. The maximum absolute atomic E-state index is 11.8. The molecule has 0 fully saturated rings. The average molecular weight is 354 g/mol. The van der Waals surface area contributed by atoms with Gasteiger partial charge in [0.2, 0.25) is 0 Å². The SMILES string of the molecule is COc1ccccc1CCNC(=O)COc1ccc(Cl)c(Cl)c1. The van der Waals surface area contributed by atoms with E-state index >= 15 is 0 Å². The standard InChI is InChI=1S/C17H17Cl2NO3/c1-22-16-5-3-2-4-12(16)8-9-20-17(21)11-23-13-6-7-14(18)15(19)10-13/h2-7,10H,8-9,11H2,1H3,(H,20,21). The number of rotatable bonds is 7. The van der Waals surface area contributed by atoms with Crippen LogP contribution in [0.1, 0.15) is 5.56 Å². The highest BCUT2D eigenvalue weighted by atomic mass is 35.5. The summed E-state index contributed by atoms with van der Waals surface area (Å²) in [6.07, 6.45) is 0.683. The average Bonchev–Trinajstić information content (AvgIpc) is 2.56. The van der Waals surface area contributed by atoms with E-state index in [1.54, 1.807) is 25.3 Å². The minimum Gasteiger partial charge on any atom is -0.496 e. The largest absolute Gasteiger partial charge is 0.496 e. The van der Waals surface area contributed by atoms with Crippen molar-refractivity contribution in [1.82, 2.24) is 5.32 Å².